The van der Waals surface area contributed by atoms with Crippen LogP contribution in [0.3, 0.4) is 0 Å². The highest BCUT2D eigenvalue weighted by Crippen LogP contribution is 2.30. The summed E-state index contributed by atoms with van der Waals surface area (Å²) in [7, 11) is 0. The van der Waals surface area contributed by atoms with E-state index >= 15 is 0 Å². The molecule has 3 heterocycles. The number of rotatable bonds is 1. The Morgan fingerprint density at radius 2 is 2.00 bits per heavy atom. The van der Waals surface area contributed by atoms with E-state index in [-0.39, 0.29) is 11.7 Å². The van der Waals surface area contributed by atoms with E-state index < -0.39 is 0 Å². The molecule has 1 aliphatic heterocycles. The largest absolute Gasteiger partial charge is 0.472 e. The van der Waals surface area contributed by atoms with Gasteiger partial charge in [0.25, 0.3) is 5.91 Å². The molecular weight excluding hydrogens is 268 g/mol. The number of carbonyl (C=O) groups is 2. The zero-order valence-electron chi connectivity index (χ0n) is 11.1. The number of H-pyrrole nitrogens is 1. The number of aromatic nitrogens is 1. The van der Waals surface area contributed by atoms with Crippen LogP contribution in [0.5, 0.6) is 0 Å². The van der Waals surface area contributed by atoms with Gasteiger partial charge >= 0.3 is 0 Å². The van der Waals surface area contributed by atoms with Crippen LogP contribution in [0.1, 0.15) is 27.3 Å². The van der Waals surface area contributed by atoms with E-state index in [1.807, 2.05) is 24.3 Å². The lowest BCUT2D eigenvalue weighted by Gasteiger charge is -2.00. The van der Waals surface area contributed by atoms with Crippen LogP contribution in [0.2, 0.25) is 0 Å². The number of Topliss-reactive ketones (excluding diaryl/α,β-unsaturated/α-hetero) is 1. The fourth-order valence-corrected chi connectivity index (χ4v) is 2.76. The normalized spacial score (nSPS) is 14.9. The average molecular weight is 280 g/mol. The molecule has 5 heteroatoms. The molecule has 1 amide bonds. The topological polar surface area (TPSA) is 75.1 Å². The van der Waals surface area contributed by atoms with Gasteiger partial charge in [0.1, 0.15) is 5.69 Å². The molecule has 1 aliphatic rings. The number of furan rings is 1. The van der Waals surface area contributed by atoms with Crippen LogP contribution in [0.15, 0.2) is 41.2 Å². The first-order valence-electron chi connectivity index (χ1n) is 6.74. The Morgan fingerprint density at radius 1 is 1.10 bits per heavy atom. The van der Waals surface area contributed by atoms with E-state index in [4.69, 9.17) is 4.42 Å². The van der Waals surface area contributed by atoms with Gasteiger partial charge in [-0.3, -0.25) is 9.59 Å². The van der Waals surface area contributed by atoms with Crippen molar-refractivity contribution in [2.24, 2.45) is 0 Å². The Kier molecular flexibility index (Phi) is 2.47. The van der Waals surface area contributed by atoms with Crippen LogP contribution in [0.25, 0.3) is 22.0 Å². The van der Waals surface area contributed by atoms with Crippen LogP contribution in [-0.2, 0) is 0 Å². The highest BCUT2D eigenvalue weighted by atomic mass is 16.3. The zero-order valence-corrected chi connectivity index (χ0v) is 11.1. The first kappa shape index (κ1) is 12.0. The Balaban J connectivity index is 1.99. The van der Waals surface area contributed by atoms with Crippen molar-refractivity contribution < 1.29 is 14.0 Å². The highest BCUT2D eigenvalue weighted by Gasteiger charge is 2.25. The average Bonchev–Trinajstić information content (AvgIpc) is 3.11. The van der Waals surface area contributed by atoms with Gasteiger partial charge in [-0.15, -0.1) is 0 Å². The molecule has 1 aromatic carbocycles. The smallest absolute Gasteiger partial charge is 0.268 e. The van der Waals surface area contributed by atoms with E-state index in [9.17, 15) is 9.59 Å². The molecule has 0 saturated carbocycles. The predicted molar refractivity (Wildman–Crippen MR) is 77.3 cm³/mol. The molecule has 3 aromatic rings. The summed E-state index contributed by atoms with van der Waals surface area (Å²) in [6.07, 6.45) is 3.58. The summed E-state index contributed by atoms with van der Waals surface area (Å²) in [5, 5.41) is 3.51. The number of amides is 1. The second kappa shape index (κ2) is 4.34. The maximum Gasteiger partial charge on any atom is 0.268 e. The fourth-order valence-electron chi connectivity index (χ4n) is 2.76. The monoisotopic (exact) mass is 280 g/mol. The van der Waals surface area contributed by atoms with Gasteiger partial charge < -0.3 is 14.7 Å². The molecule has 21 heavy (non-hydrogen) atoms. The van der Waals surface area contributed by atoms with Gasteiger partial charge in [-0.25, -0.2) is 0 Å². The van der Waals surface area contributed by atoms with Crippen molar-refractivity contribution in [2.45, 2.75) is 6.42 Å². The lowest BCUT2D eigenvalue weighted by Crippen LogP contribution is -2.23. The summed E-state index contributed by atoms with van der Waals surface area (Å²) in [5.41, 5.74) is 3.53. The van der Waals surface area contributed by atoms with E-state index in [0.717, 1.165) is 22.0 Å². The van der Waals surface area contributed by atoms with E-state index in [2.05, 4.69) is 10.3 Å². The molecule has 0 radical (unpaired) electrons. The first-order valence-corrected chi connectivity index (χ1v) is 6.74. The summed E-state index contributed by atoms with van der Waals surface area (Å²) in [6.45, 7) is 0.378. The van der Waals surface area contributed by atoms with Gasteiger partial charge in [-0.05, 0) is 23.8 Å². The van der Waals surface area contributed by atoms with Gasteiger partial charge in [0, 0.05) is 29.4 Å². The molecular formula is C16H12N2O3. The number of hydrogen-bond donors (Lipinski definition) is 2. The fraction of sp³-hybridized carbons (Fsp3) is 0.125. The second-order valence-corrected chi connectivity index (χ2v) is 5.08. The van der Waals surface area contributed by atoms with E-state index in [0.29, 0.717) is 24.2 Å². The Morgan fingerprint density at radius 3 is 2.81 bits per heavy atom. The third-order valence-corrected chi connectivity index (χ3v) is 3.80. The van der Waals surface area contributed by atoms with Crippen molar-refractivity contribution in [3.05, 3.63) is 48.0 Å². The lowest BCUT2D eigenvalue weighted by atomic mass is 10.0. The summed E-state index contributed by atoms with van der Waals surface area (Å²) in [6, 6.07) is 7.60. The summed E-state index contributed by atoms with van der Waals surface area (Å²) >= 11 is 0. The van der Waals surface area contributed by atoms with Crippen molar-refractivity contribution >= 4 is 22.6 Å². The van der Waals surface area contributed by atoms with Crippen LogP contribution >= 0.6 is 0 Å². The Bertz CT molecular complexity index is 859. The van der Waals surface area contributed by atoms with Gasteiger partial charge in [-0.2, -0.15) is 0 Å². The van der Waals surface area contributed by atoms with Crippen molar-refractivity contribution in [2.75, 3.05) is 6.54 Å². The Hall–Kier alpha value is -2.82. The second-order valence-electron chi connectivity index (χ2n) is 5.08. The molecule has 0 bridgehead atoms. The number of hydrogen-bond acceptors (Lipinski definition) is 3. The summed E-state index contributed by atoms with van der Waals surface area (Å²) in [4.78, 5) is 27.4. The minimum atomic E-state index is -0.225. The van der Waals surface area contributed by atoms with Gasteiger partial charge in [-0.1, -0.05) is 6.07 Å². The van der Waals surface area contributed by atoms with Crippen molar-refractivity contribution in [3.8, 4) is 11.1 Å². The molecule has 104 valence electrons. The number of nitrogens with one attached hydrogen (secondary N) is 2. The van der Waals surface area contributed by atoms with Crippen LogP contribution < -0.4 is 5.32 Å². The maximum absolute atomic E-state index is 12.3. The first-order chi connectivity index (χ1) is 10.2. The maximum atomic E-state index is 12.3. The molecule has 0 atom stereocenters. The predicted octanol–water partition coefficient (Wildman–Crippen LogP) is 2.74. The summed E-state index contributed by atoms with van der Waals surface area (Å²) < 4.78 is 5.09. The lowest BCUT2D eigenvalue weighted by molar-refractivity contribution is 0.0952. The van der Waals surface area contributed by atoms with Crippen molar-refractivity contribution in [1.82, 2.24) is 10.3 Å². The highest BCUT2D eigenvalue weighted by molar-refractivity contribution is 6.17. The van der Waals surface area contributed by atoms with E-state index in [1.54, 1.807) is 12.5 Å². The summed E-state index contributed by atoms with van der Waals surface area (Å²) in [5.74, 6) is -0.240. The standard InChI is InChI=1S/C16H12N2O3/c19-13-3-5-17-16(20)15-14(13)11-7-9(1-2-12(11)18-15)10-4-6-21-8-10/h1-2,4,6-8,18H,3,5H2,(H,17,20). The van der Waals surface area contributed by atoms with Gasteiger partial charge in [0.2, 0.25) is 0 Å². The molecule has 2 aromatic heterocycles. The molecule has 5 nitrogen and oxygen atoms in total. The molecule has 0 unspecified atom stereocenters. The molecule has 0 spiro atoms. The third kappa shape index (κ3) is 1.78. The van der Waals surface area contributed by atoms with Crippen LogP contribution in [-0.4, -0.2) is 23.2 Å². The Labute approximate surface area is 120 Å². The number of carbonyl (C=O) groups excluding carboxylic acids is 2. The molecule has 0 aliphatic carbocycles. The minimum absolute atomic E-state index is 0.0149. The molecule has 0 fully saturated rings. The van der Waals surface area contributed by atoms with Crippen molar-refractivity contribution in [1.29, 1.82) is 0 Å². The number of ketones is 1. The zero-order chi connectivity index (χ0) is 14.4. The van der Waals surface area contributed by atoms with Gasteiger partial charge in [0.05, 0.1) is 18.1 Å². The van der Waals surface area contributed by atoms with Crippen molar-refractivity contribution in [3.63, 3.8) is 0 Å². The van der Waals surface area contributed by atoms with Crippen LogP contribution in [0.4, 0.5) is 0 Å². The number of benzene rings is 1. The van der Waals surface area contributed by atoms with Gasteiger partial charge in [0.15, 0.2) is 5.78 Å². The number of fused-ring (bicyclic) bond motifs is 3. The molecule has 2 N–H and O–H groups in total. The number of aromatic amines is 1. The minimum Gasteiger partial charge on any atom is -0.472 e. The SMILES string of the molecule is O=C1NCCC(=O)c2c1[nH]c1ccc(-c3ccoc3)cc21. The quantitative estimate of drug-likeness (QED) is 0.719. The molecule has 0 saturated heterocycles. The third-order valence-electron chi connectivity index (χ3n) is 3.80. The van der Waals surface area contributed by atoms with Crippen LogP contribution in [0, 0.1) is 0 Å². The van der Waals surface area contributed by atoms with E-state index in [1.165, 1.54) is 0 Å². The molecule has 4 rings (SSSR count).